The van der Waals surface area contributed by atoms with Gasteiger partial charge in [0, 0.05) is 12.5 Å². The van der Waals surface area contributed by atoms with Crippen molar-refractivity contribution in [3.8, 4) is 5.82 Å². The molecular formula is C11H14N4O2S. The van der Waals surface area contributed by atoms with Gasteiger partial charge >= 0.3 is 0 Å². The van der Waals surface area contributed by atoms with Crippen molar-refractivity contribution in [2.45, 2.75) is 11.3 Å². The summed E-state index contributed by atoms with van der Waals surface area (Å²) in [6, 6.07) is 3.68. The summed E-state index contributed by atoms with van der Waals surface area (Å²) < 4.78 is 24.1. The van der Waals surface area contributed by atoms with E-state index in [1.54, 1.807) is 12.3 Å². The summed E-state index contributed by atoms with van der Waals surface area (Å²) in [7, 11) is -3.23. The summed E-state index contributed by atoms with van der Waals surface area (Å²) in [5.41, 5.74) is 6.49. The Bertz CT molecular complexity index is 631. The zero-order chi connectivity index (χ0) is 13.2. The lowest BCUT2D eigenvalue weighted by atomic mass is 10.2. The molecule has 0 aliphatic carbocycles. The molecule has 18 heavy (non-hydrogen) atoms. The highest BCUT2D eigenvalue weighted by atomic mass is 32.2. The van der Waals surface area contributed by atoms with Crippen molar-refractivity contribution in [1.29, 1.82) is 0 Å². The minimum Gasteiger partial charge on any atom is -0.330 e. The first-order chi connectivity index (χ1) is 8.50. The molecule has 0 unspecified atom stereocenters. The Balaban J connectivity index is 2.29. The molecule has 0 fully saturated rings. The van der Waals surface area contributed by atoms with Crippen molar-refractivity contribution in [3.05, 3.63) is 36.3 Å². The highest BCUT2D eigenvalue weighted by molar-refractivity contribution is 7.90. The van der Waals surface area contributed by atoms with Crippen LogP contribution in [0.25, 0.3) is 5.82 Å². The lowest BCUT2D eigenvalue weighted by Crippen LogP contribution is -2.04. The normalized spacial score (nSPS) is 11.7. The number of nitrogens with zero attached hydrogens (tertiary/aromatic N) is 3. The minimum atomic E-state index is -3.23. The Morgan fingerprint density at radius 1 is 1.33 bits per heavy atom. The third kappa shape index (κ3) is 2.74. The molecule has 2 heterocycles. The van der Waals surface area contributed by atoms with Crippen LogP contribution < -0.4 is 5.73 Å². The second-order valence-electron chi connectivity index (χ2n) is 3.96. The third-order valence-corrected chi connectivity index (χ3v) is 3.53. The summed E-state index contributed by atoms with van der Waals surface area (Å²) in [5, 5.41) is 3.98. The van der Waals surface area contributed by atoms with Gasteiger partial charge in [0.1, 0.15) is 4.90 Å². The van der Waals surface area contributed by atoms with Crippen LogP contribution in [0, 0.1) is 0 Å². The maximum atomic E-state index is 11.3. The van der Waals surface area contributed by atoms with E-state index < -0.39 is 9.84 Å². The topological polar surface area (TPSA) is 90.9 Å². The van der Waals surface area contributed by atoms with Crippen LogP contribution in [0.3, 0.4) is 0 Å². The average molecular weight is 266 g/mol. The molecule has 0 aliphatic heterocycles. The van der Waals surface area contributed by atoms with Crippen LogP contribution in [0.1, 0.15) is 5.56 Å². The largest absolute Gasteiger partial charge is 0.330 e. The molecule has 96 valence electrons. The SMILES string of the molecule is CS(=O)(=O)c1cnn(-c2ccc(CCN)cn2)c1. The Labute approximate surface area is 105 Å². The van der Waals surface area contributed by atoms with Gasteiger partial charge < -0.3 is 5.73 Å². The zero-order valence-electron chi connectivity index (χ0n) is 9.94. The molecule has 0 saturated heterocycles. The van der Waals surface area contributed by atoms with Crippen molar-refractivity contribution in [1.82, 2.24) is 14.8 Å². The predicted octanol–water partition coefficient (Wildman–Crippen LogP) is 0.172. The first-order valence-corrected chi connectivity index (χ1v) is 7.30. The maximum absolute atomic E-state index is 11.3. The van der Waals surface area contributed by atoms with E-state index in [-0.39, 0.29) is 4.90 Å². The van der Waals surface area contributed by atoms with Gasteiger partial charge in [0.25, 0.3) is 0 Å². The van der Waals surface area contributed by atoms with Gasteiger partial charge in [0.15, 0.2) is 15.7 Å². The molecule has 0 atom stereocenters. The molecule has 7 heteroatoms. The van der Waals surface area contributed by atoms with Gasteiger partial charge in [-0.2, -0.15) is 5.10 Å². The molecule has 0 saturated carbocycles. The van der Waals surface area contributed by atoms with E-state index in [1.807, 2.05) is 6.07 Å². The first-order valence-electron chi connectivity index (χ1n) is 5.41. The number of aromatic nitrogens is 3. The average Bonchev–Trinajstić information content (AvgIpc) is 2.79. The van der Waals surface area contributed by atoms with E-state index >= 15 is 0 Å². The monoisotopic (exact) mass is 266 g/mol. The smallest absolute Gasteiger partial charge is 0.178 e. The molecule has 0 radical (unpaired) electrons. The summed E-state index contributed by atoms with van der Waals surface area (Å²) >= 11 is 0. The molecule has 0 aromatic carbocycles. The molecule has 0 aliphatic rings. The number of hydrogen-bond donors (Lipinski definition) is 1. The van der Waals surface area contributed by atoms with E-state index in [4.69, 9.17) is 5.73 Å². The predicted molar refractivity (Wildman–Crippen MR) is 67.2 cm³/mol. The zero-order valence-corrected chi connectivity index (χ0v) is 10.8. The summed E-state index contributed by atoms with van der Waals surface area (Å²) in [4.78, 5) is 4.39. The molecule has 2 rings (SSSR count). The van der Waals surface area contributed by atoms with Gasteiger partial charge in [-0.15, -0.1) is 0 Å². The molecule has 2 N–H and O–H groups in total. The summed E-state index contributed by atoms with van der Waals surface area (Å²) in [6.45, 7) is 0.570. The fourth-order valence-electron chi connectivity index (χ4n) is 1.49. The molecule has 6 nitrogen and oxygen atoms in total. The minimum absolute atomic E-state index is 0.176. The van der Waals surface area contributed by atoms with Gasteiger partial charge in [-0.1, -0.05) is 6.07 Å². The standard InChI is InChI=1S/C11H14N4O2S/c1-18(16,17)10-7-14-15(8-10)11-3-2-9(4-5-12)6-13-11/h2-3,6-8H,4-5,12H2,1H3. The van der Waals surface area contributed by atoms with Crippen molar-refractivity contribution in [2.75, 3.05) is 12.8 Å². The van der Waals surface area contributed by atoms with Crippen LogP contribution in [0.2, 0.25) is 0 Å². The van der Waals surface area contributed by atoms with Crippen molar-refractivity contribution in [2.24, 2.45) is 5.73 Å². The summed E-state index contributed by atoms with van der Waals surface area (Å²) in [6.07, 6.45) is 6.38. The Morgan fingerprint density at radius 3 is 2.61 bits per heavy atom. The fraction of sp³-hybridized carbons (Fsp3) is 0.273. The van der Waals surface area contributed by atoms with E-state index in [2.05, 4.69) is 10.1 Å². The van der Waals surface area contributed by atoms with Crippen molar-refractivity contribution >= 4 is 9.84 Å². The second-order valence-corrected chi connectivity index (χ2v) is 5.97. The number of pyridine rings is 1. The van der Waals surface area contributed by atoms with E-state index in [1.165, 1.54) is 17.1 Å². The number of hydrogen-bond acceptors (Lipinski definition) is 5. The summed E-state index contributed by atoms with van der Waals surface area (Å²) in [5.74, 6) is 0.575. The highest BCUT2D eigenvalue weighted by Gasteiger charge is 2.10. The molecule has 2 aromatic heterocycles. The van der Waals surface area contributed by atoms with Gasteiger partial charge in [-0.3, -0.25) is 0 Å². The molecule has 2 aromatic rings. The van der Waals surface area contributed by atoms with E-state index in [0.29, 0.717) is 12.4 Å². The van der Waals surface area contributed by atoms with Crippen LogP contribution in [-0.4, -0.2) is 36.0 Å². The van der Waals surface area contributed by atoms with Gasteiger partial charge in [-0.05, 0) is 24.6 Å². The van der Waals surface area contributed by atoms with Crippen molar-refractivity contribution in [3.63, 3.8) is 0 Å². The van der Waals surface area contributed by atoms with Crippen LogP contribution in [-0.2, 0) is 16.3 Å². The van der Waals surface area contributed by atoms with Gasteiger partial charge in [0.2, 0.25) is 0 Å². The number of nitrogens with two attached hydrogens (primary N) is 1. The lowest BCUT2D eigenvalue weighted by Gasteiger charge is -2.01. The molecule has 0 amide bonds. The fourth-order valence-corrected chi connectivity index (χ4v) is 2.02. The lowest BCUT2D eigenvalue weighted by molar-refractivity contribution is 0.602. The highest BCUT2D eigenvalue weighted by Crippen LogP contribution is 2.11. The third-order valence-electron chi connectivity index (χ3n) is 2.46. The quantitative estimate of drug-likeness (QED) is 0.852. The first kappa shape index (κ1) is 12.7. The number of rotatable bonds is 4. The van der Waals surface area contributed by atoms with E-state index in [0.717, 1.165) is 18.2 Å². The van der Waals surface area contributed by atoms with Gasteiger partial charge in [-0.25, -0.2) is 18.1 Å². The molecular weight excluding hydrogens is 252 g/mol. The Kier molecular flexibility index (Phi) is 3.44. The molecule has 0 spiro atoms. The number of sulfone groups is 1. The maximum Gasteiger partial charge on any atom is 0.178 e. The van der Waals surface area contributed by atoms with Crippen LogP contribution in [0.15, 0.2) is 35.6 Å². The van der Waals surface area contributed by atoms with Crippen LogP contribution in [0.5, 0.6) is 0 Å². The van der Waals surface area contributed by atoms with Crippen LogP contribution >= 0.6 is 0 Å². The van der Waals surface area contributed by atoms with Crippen molar-refractivity contribution < 1.29 is 8.42 Å². The second kappa shape index (κ2) is 4.87. The van der Waals surface area contributed by atoms with Gasteiger partial charge in [0.05, 0.1) is 12.4 Å². The Morgan fingerprint density at radius 2 is 2.11 bits per heavy atom. The van der Waals surface area contributed by atoms with Crippen LogP contribution in [0.4, 0.5) is 0 Å². The Hall–Kier alpha value is -1.73. The molecule has 0 bridgehead atoms. The van der Waals surface area contributed by atoms with E-state index in [9.17, 15) is 8.42 Å².